The van der Waals surface area contributed by atoms with Gasteiger partial charge in [0.15, 0.2) is 0 Å². The first-order valence-corrected chi connectivity index (χ1v) is 12.2. The van der Waals surface area contributed by atoms with Crippen molar-refractivity contribution in [2.24, 2.45) is 0 Å². The molecule has 0 radical (unpaired) electrons. The molecule has 0 unspecified atom stereocenters. The van der Waals surface area contributed by atoms with Crippen molar-refractivity contribution in [2.75, 3.05) is 11.9 Å². The van der Waals surface area contributed by atoms with Crippen molar-refractivity contribution in [2.45, 2.75) is 63.7 Å². The number of halogens is 1. The van der Waals surface area contributed by atoms with E-state index in [1.165, 1.54) is 60.2 Å². The van der Waals surface area contributed by atoms with Crippen LogP contribution in [0.15, 0.2) is 83.0 Å². The van der Waals surface area contributed by atoms with E-state index in [4.69, 9.17) is 0 Å². The van der Waals surface area contributed by atoms with Crippen LogP contribution in [0.1, 0.15) is 62.6 Å². The first kappa shape index (κ1) is 22.1. The highest BCUT2D eigenvalue weighted by Crippen LogP contribution is 2.54. The summed E-state index contributed by atoms with van der Waals surface area (Å²) in [6.45, 7) is 11.2. The monoisotopic (exact) mass is 475 g/mol. The molecule has 1 nitrogen and oxygen atoms in total. The molecule has 2 aromatic rings. The van der Waals surface area contributed by atoms with Gasteiger partial charge in [0, 0.05) is 33.7 Å². The largest absolute Gasteiger partial charge is 0.347 e. The number of para-hydroxylation sites is 1. The van der Waals surface area contributed by atoms with E-state index in [0.29, 0.717) is 0 Å². The lowest BCUT2D eigenvalue weighted by molar-refractivity contribution is 0.347. The zero-order valence-electron chi connectivity index (χ0n) is 19.3. The van der Waals surface area contributed by atoms with Gasteiger partial charge in [0.25, 0.3) is 0 Å². The first-order valence-electron chi connectivity index (χ1n) is 11.5. The number of hydrogen-bond acceptors (Lipinski definition) is 1. The molecule has 1 saturated carbocycles. The van der Waals surface area contributed by atoms with Crippen LogP contribution in [0.2, 0.25) is 0 Å². The lowest BCUT2D eigenvalue weighted by Crippen LogP contribution is -2.31. The van der Waals surface area contributed by atoms with Gasteiger partial charge in [-0.2, -0.15) is 0 Å². The van der Waals surface area contributed by atoms with Crippen molar-refractivity contribution in [1.29, 1.82) is 0 Å². The molecular weight excluding hydrogens is 442 g/mol. The Kier molecular flexibility index (Phi) is 6.05. The fourth-order valence-electron chi connectivity index (χ4n) is 5.62. The molecule has 4 rings (SSSR count). The van der Waals surface area contributed by atoms with Gasteiger partial charge in [-0.15, -0.1) is 0 Å². The van der Waals surface area contributed by atoms with E-state index < -0.39 is 0 Å². The van der Waals surface area contributed by atoms with Crippen molar-refractivity contribution in [3.05, 3.63) is 99.7 Å². The number of aryl methyl sites for hydroxylation is 1. The maximum absolute atomic E-state index is 4.46. The highest BCUT2D eigenvalue weighted by atomic mass is 79.9. The molecule has 1 spiro atoms. The number of allylic oxidation sites excluding steroid dienone is 5. The summed E-state index contributed by atoms with van der Waals surface area (Å²) in [5.41, 5.74) is 8.11. The summed E-state index contributed by atoms with van der Waals surface area (Å²) >= 11 is 3.63. The van der Waals surface area contributed by atoms with E-state index in [9.17, 15) is 0 Å². The van der Waals surface area contributed by atoms with Crippen molar-refractivity contribution in [1.82, 2.24) is 0 Å². The van der Waals surface area contributed by atoms with Crippen LogP contribution in [0.4, 0.5) is 5.69 Å². The SMILES string of the molecule is C=C(/C=C/C=C1/N(C)c2ccccc2C12CCCCC2)C(C)(C)c1cc(Br)ccc1C. The van der Waals surface area contributed by atoms with Gasteiger partial charge < -0.3 is 4.90 Å². The zero-order chi connectivity index (χ0) is 22.2. The molecule has 2 heteroatoms. The normalized spacial score (nSPS) is 19.4. The van der Waals surface area contributed by atoms with E-state index in [2.05, 4.69) is 116 Å². The molecule has 1 heterocycles. The summed E-state index contributed by atoms with van der Waals surface area (Å²) in [5, 5.41) is 0. The third-order valence-electron chi connectivity index (χ3n) is 7.57. The Morgan fingerprint density at radius 1 is 1.10 bits per heavy atom. The molecule has 2 aromatic carbocycles. The Bertz CT molecular complexity index is 1050. The highest BCUT2D eigenvalue weighted by molar-refractivity contribution is 9.10. The molecule has 0 bridgehead atoms. The van der Waals surface area contributed by atoms with Gasteiger partial charge in [-0.3, -0.25) is 0 Å². The highest BCUT2D eigenvalue weighted by Gasteiger charge is 2.45. The lowest BCUT2D eigenvalue weighted by Gasteiger charge is -2.36. The number of fused-ring (bicyclic) bond motifs is 2. The molecule has 0 aromatic heterocycles. The molecular formula is C29H34BrN. The molecule has 0 N–H and O–H groups in total. The minimum atomic E-state index is -0.129. The van der Waals surface area contributed by atoms with Gasteiger partial charge >= 0.3 is 0 Å². The average Bonchev–Trinajstić information content (AvgIpc) is 2.98. The van der Waals surface area contributed by atoms with Crippen LogP contribution in [0.25, 0.3) is 0 Å². The third kappa shape index (κ3) is 3.84. The maximum atomic E-state index is 4.46. The van der Waals surface area contributed by atoms with Gasteiger partial charge in [-0.25, -0.2) is 0 Å². The number of likely N-dealkylation sites (N-methyl/N-ethyl adjacent to an activating group) is 1. The van der Waals surface area contributed by atoms with Gasteiger partial charge in [0.05, 0.1) is 0 Å². The Morgan fingerprint density at radius 3 is 2.55 bits per heavy atom. The fourth-order valence-corrected chi connectivity index (χ4v) is 5.98. The summed E-state index contributed by atoms with van der Waals surface area (Å²) in [6.07, 6.45) is 13.3. The molecule has 0 saturated heterocycles. The van der Waals surface area contributed by atoms with Crippen LogP contribution in [0.5, 0.6) is 0 Å². The summed E-state index contributed by atoms with van der Waals surface area (Å²) in [4.78, 5) is 2.41. The maximum Gasteiger partial charge on any atom is 0.0448 e. The second-order valence-electron chi connectivity index (χ2n) is 9.74. The predicted molar refractivity (Wildman–Crippen MR) is 138 cm³/mol. The minimum Gasteiger partial charge on any atom is -0.347 e. The number of nitrogens with zero attached hydrogens (tertiary/aromatic N) is 1. The first-order chi connectivity index (χ1) is 14.8. The summed E-state index contributed by atoms with van der Waals surface area (Å²) in [5.74, 6) is 0. The topological polar surface area (TPSA) is 3.24 Å². The van der Waals surface area contributed by atoms with E-state index in [0.717, 1.165) is 10.0 Å². The average molecular weight is 477 g/mol. The van der Waals surface area contributed by atoms with E-state index in [1.807, 2.05) is 0 Å². The molecule has 2 aliphatic rings. The third-order valence-corrected chi connectivity index (χ3v) is 8.06. The van der Waals surface area contributed by atoms with Gasteiger partial charge in [-0.1, -0.05) is 92.0 Å². The smallest absolute Gasteiger partial charge is 0.0448 e. The lowest BCUT2D eigenvalue weighted by atomic mass is 9.68. The van der Waals surface area contributed by atoms with Gasteiger partial charge in [0.1, 0.15) is 0 Å². The van der Waals surface area contributed by atoms with Gasteiger partial charge in [0.2, 0.25) is 0 Å². The second kappa shape index (κ2) is 8.47. The van der Waals surface area contributed by atoms with Crippen molar-refractivity contribution in [3.8, 4) is 0 Å². The summed E-state index contributed by atoms with van der Waals surface area (Å²) in [6, 6.07) is 15.5. The second-order valence-corrected chi connectivity index (χ2v) is 10.7. The molecule has 1 aliphatic carbocycles. The van der Waals surface area contributed by atoms with Crippen LogP contribution in [-0.2, 0) is 10.8 Å². The van der Waals surface area contributed by atoms with Crippen LogP contribution < -0.4 is 4.90 Å². The standard InChI is InChI=1S/C29H34BrN/c1-21-16-17-23(30)20-25(21)28(3,4)22(2)12-11-15-27-29(18-9-6-10-19-29)24-13-7-8-14-26(24)31(27)5/h7-8,11-17,20H,2,6,9-10,18-19H2,1,3-5H3/b12-11+,27-15+. The van der Waals surface area contributed by atoms with Crippen LogP contribution in [0, 0.1) is 6.92 Å². The number of hydrogen-bond donors (Lipinski definition) is 0. The molecule has 1 fully saturated rings. The quantitative estimate of drug-likeness (QED) is 0.401. The zero-order valence-corrected chi connectivity index (χ0v) is 20.9. The van der Waals surface area contributed by atoms with E-state index in [1.54, 1.807) is 0 Å². The Labute approximate surface area is 196 Å². The van der Waals surface area contributed by atoms with Gasteiger partial charge in [-0.05, 0) is 66.3 Å². The van der Waals surface area contributed by atoms with Crippen molar-refractivity contribution >= 4 is 21.6 Å². The van der Waals surface area contributed by atoms with E-state index >= 15 is 0 Å². The van der Waals surface area contributed by atoms with Crippen LogP contribution >= 0.6 is 15.9 Å². The van der Waals surface area contributed by atoms with Crippen LogP contribution in [0.3, 0.4) is 0 Å². The Balaban J connectivity index is 1.65. The molecule has 162 valence electrons. The fraction of sp³-hybridized carbons (Fsp3) is 0.379. The Hall–Kier alpha value is -2.06. The molecule has 0 amide bonds. The Morgan fingerprint density at radius 2 is 1.81 bits per heavy atom. The molecule has 31 heavy (non-hydrogen) atoms. The van der Waals surface area contributed by atoms with Crippen LogP contribution in [-0.4, -0.2) is 7.05 Å². The number of benzene rings is 2. The number of anilines is 1. The van der Waals surface area contributed by atoms with Crippen molar-refractivity contribution < 1.29 is 0 Å². The summed E-state index contributed by atoms with van der Waals surface area (Å²) in [7, 11) is 2.23. The predicted octanol–water partition coefficient (Wildman–Crippen LogP) is 8.38. The minimum absolute atomic E-state index is 0.129. The number of rotatable bonds is 4. The van der Waals surface area contributed by atoms with Crippen molar-refractivity contribution in [3.63, 3.8) is 0 Å². The molecule has 1 aliphatic heterocycles. The summed E-state index contributed by atoms with van der Waals surface area (Å²) < 4.78 is 1.12. The molecule has 0 atom stereocenters. The van der Waals surface area contributed by atoms with E-state index in [-0.39, 0.29) is 10.8 Å².